The van der Waals surface area contributed by atoms with Crippen LogP contribution in [0.5, 0.6) is 5.75 Å². The number of aliphatic imine (C=N–C) groups is 1. The van der Waals surface area contributed by atoms with Crippen LogP contribution in [0.1, 0.15) is 51.2 Å². The van der Waals surface area contributed by atoms with Gasteiger partial charge in [0.25, 0.3) is 0 Å². The lowest BCUT2D eigenvalue weighted by atomic mass is 10.1. The van der Waals surface area contributed by atoms with Gasteiger partial charge in [0, 0.05) is 51.9 Å². The third-order valence-electron chi connectivity index (χ3n) is 5.90. The van der Waals surface area contributed by atoms with E-state index in [1.807, 2.05) is 7.05 Å². The number of likely N-dealkylation sites (N-methyl/N-ethyl adjacent to an activating group) is 1. The molecule has 6 nitrogen and oxygen atoms in total. The second-order valence-corrected chi connectivity index (χ2v) is 8.28. The largest absolute Gasteiger partial charge is 0.490 e. The van der Waals surface area contributed by atoms with E-state index in [9.17, 15) is 0 Å². The first-order valence-electron chi connectivity index (χ1n) is 11.7. The number of guanidine groups is 1. The molecule has 2 rings (SSSR count). The summed E-state index contributed by atoms with van der Waals surface area (Å²) in [5.74, 6) is 1.82. The number of halogens is 1. The lowest BCUT2D eigenvalue weighted by Crippen LogP contribution is -2.46. The van der Waals surface area contributed by atoms with Crippen molar-refractivity contribution in [2.75, 3.05) is 52.9 Å². The highest BCUT2D eigenvalue weighted by molar-refractivity contribution is 14.0. The molecule has 1 atom stereocenters. The first-order valence-corrected chi connectivity index (χ1v) is 11.7. The molecule has 0 bridgehead atoms. The van der Waals surface area contributed by atoms with Gasteiger partial charge in [-0.1, -0.05) is 26.0 Å². The maximum absolute atomic E-state index is 6.12. The minimum Gasteiger partial charge on any atom is -0.490 e. The van der Waals surface area contributed by atoms with E-state index in [1.54, 1.807) is 0 Å². The molecule has 0 aliphatic carbocycles. The summed E-state index contributed by atoms with van der Waals surface area (Å²) < 4.78 is 6.12. The number of hydrogen-bond donors (Lipinski definition) is 2. The predicted octanol–water partition coefficient (Wildman–Crippen LogP) is 3.87. The Labute approximate surface area is 207 Å². The topological polar surface area (TPSA) is 52.1 Å². The Bertz CT molecular complexity index is 647. The third kappa shape index (κ3) is 10.4. The fourth-order valence-corrected chi connectivity index (χ4v) is 3.61. The quantitative estimate of drug-likeness (QED) is 0.192. The van der Waals surface area contributed by atoms with E-state index in [2.05, 4.69) is 71.3 Å². The van der Waals surface area contributed by atoms with Crippen LogP contribution in [0.4, 0.5) is 0 Å². The summed E-state index contributed by atoms with van der Waals surface area (Å²) in [5.41, 5.74) is 2.38. The zero-order chi connectivity index (χ0) is 21.8. The van der Waals surface area contributed by atoms with Crippen molar-refractivity contribution >= 4 is 29.9 Å². The molecule has 1 fully saturated rings. The van der Waals surface area contributed by atoms with E-state index in [4.69, 9.17) is 4.74 Å². The molecule has 1 saturated heterocycles. The zero-order valence-corrected chi connectivity index (χ0v) is 22.6. The van der Waals surface area contributed by atoms with E-state index in [1.165, 1.54) is 51.3 Å². The summed E-state index contributed by atoms with van der Waals surface area (Å²) in [4.78, 5) is 9.49. The van der Waals surface area contributed by atoms with Gasteiger partial charge < -0.3 is 25.2 Å². The highest BCUT2D eigenvalue weighted by atomic mass is 127. The first-order chi connectivity index (χ1) is 14.5. The van der Waals surface area contributed by atoms with Crippen molar-refractivity contribution in [1.82, 2.24) is 20.4 Å². The zero-order valence-electron chi connectivity index (χ0n) is 20.2. The molecule has 1 aliphatic heterocycles. The maximum Gasteiger partial charge on any atom is 0.191 e. The van der Waals surface area contributed by atoms with Crippen molar-refractivity contribution in [3.05, 3.63) is 29.3 Å². The van der Waals surface area contributed by atoms with Crippen LogP contribution < -0.4 is 15.4 Å². The third-order valence-corrected chi connectivity index (χ3v) is 5.90. The fourth-order valence-electron chi connectivity index (χ4n) is 3.61. The van der Waals surface area contributed by atoms with Gasteiger partial charge in [-0.3, -0.25) is 4.99 Å². The van der Waals surface area contributed by atoms with Gasteiger partial charge >= 0.3 is 0 Å². The van der Waals surface area contributed by atoms with Crippen molar-refractivity contribution in [3.8, 4) is 5.75 Å². The Morgan fingerprint density at radius 2 is 1.81 bits per heavy atom. The molecule has 2 N–H and O–H groups in total. The van der Waals surface area contributed by atoms with Crippen molar-refractivity contribution in [3.63, 3.8) is 0 Å². The molecule has 1 heterocycles. The van der Waals surface area contributed by atoms with Crippen LogP contribution in [0.2, 0.25) is 0 Å². The molecule has 0 spiro atoms. The van der Waals surface area contributed by atoms with Crippen molar-refractivity contribution in [2.45, 2.75) is 59.6 Å². The van der Waals surface area contributed by atoms with Gasteiger partial charge in [-0.25, -0.2) is 0 Å². The van der Waals surface area contributed by atoms with Crippen LogP contribution in [0, 0.1) is 6.92 Å². The number of hydrogen-bond acceptors (Lipinski definition) is 4. The SMILES string of the molecule is CCC(C)Oc1cc(C)ccc1CNC(=NC)NCCCCN1CCN(CC)CC1.I. The average Bonchev–Trinajstić information content (AvgIpc) is 2.77. The summed E-state index contributed by atoms with van der Waals surface area (Å²) in [6.45, 7) is 17.5. The monoisotopic (exact) mass is 545 g/mol. The van der Waals surface area contributed by atoms with Crippen LogP contribution in [-0.4, -0.2) is 74.7 Å². The first kappa shape index (κ1) is 28.0. The highest BCUT2D eigenvalue weighted by Gasteiger charge is 2.14. The summed E-state index contributed by atoms with van der Waals surface area (Å²) in [5, 5.41) is 6.88. The minimum absolute atomic E-state index is 0. The molecule has 1 aromatic carbocycles. The van der Waals surface area contributed by atoms with Crippen LogP contribution in [0.15, 0.2) is 23.2 Å². The lowest BCUT2D eigenvalue weighted by Gasteiger charge is -2.34. The van der Waals surface area contributed by atoms with Gasteiger partial charge in [0.2, 0.25) is 0 Å². The van der Waals surface area contributed by atoms with E-state index in [-0.39, 0.29) is 30.1 Å². The number of piperazine rings is 1. The molecule has 0 amide bonds. The highest BCUT2D eigenvalue weighted by Crippen LogP contribution is 2.22. The smallest absolute Gasteiger partial charge is 0.191 e. The number of nitrogens with one attached hydrogen (secondary N) is 2. The number of aryl methyl sites for hydroxylation is 1. The van der Waals surface area contributed by atoms with E-state index >= 15 is 0 Å². The molecule has 1 aliphatic rings. The second-order valence-electron chi connectivity index (χ2n) is 8.28. The van der Waals surface area contributed by atoms with Gasteiger partial charge in [0.15, 0.2) is 5.96 Å². The Hall–Kier alpha value is -1.06. The maximum atomic E-state index is 6.12. The standard InChI is InChI=1S/C24H43N5O.HI/c1-6-21(4)30-23-18-20(3)10-11-22(23)19-27-24(25-5)26-12-8-9-13-29-16-14-28(7-2)15-17-29;/h10-11,18,21H,6-9,12-17,19H2,1-5H3,(H2,25,26,27);1H. The van der Waals surface area contributed by atoms with E-state index < -0.39 is 0 Å². The Morgan fingerprint density at radius 3 is 2.45 bits per heavy atom. The summed E-state index contributed by atoms with van der Waals surface area (Å²) >= 11 is 0. The van der Waals surface area contributed by atoms with Gasteiger partial charge in [-0.15, -0.1) is 24.0 Å². The number of ether oxygens (including phenoxy) is 1. The fraction of sp³-hybridized carbons (Fsp3) is 0.708. The predicted molar refractivity (Wildman–Crippen MR) is 143 cm³/mol. The van der Waals surface area contributed by atoms with Gasteiger partial charge in [-0.05, 0) is 57.8 Å². The summed E-state index contributed by atoms with van der Waals surface area (Å²) in [6, 6.07) is 6.41. The van der Waals surface area contributed by atoms with Crippen LogP contribution in [0.3, 0.4) is 0 Å². The van der Waals surface area contributed by atoms with Crippen LogP contribution in [-0.2, 0) is 6.54 Å². The van der Waals surface area contributed by atoms with Crippen molar-refractivity contribution in [2.24, 2.45) is 4.99 Å². The Balaban J connectivity index is 0.00000480. The molecule has 1 aromatic rings. The minimum atomic E-state index is 0. The summed E-state index contributed by atoms with van der Waals surface area (Å²) in [7, 11) is 1.83. The second kappa shape index (κ2) is 15.7. The van der Waals surface area contributed by atoms with Crippen LogP contribution >= 0.6 is 24.0 Å². The molecule has 0 saturated carbocycles. The molecule has 0 radical (unpaired) electrons. The number of unbranched alkanes of at least 4 members (excludes halogenated alkanes) is 1. The van der Waals surface area contributed by atoms with Crippen LogP contribution in [0.25, 0.3) is 0 Å². The van der Waals surface area contributed by atoms with Crippen molar-refractivity contribution in [1.29, 1.82) is 0 Å². The molecule has 0 aromatic heterocycles. The van der Waals surface area contributed by atoms with Crippen molar-refractivity contribution < 1.29 is 4.74 Å². The van der Waals surface area contributed by atoms with Gasteiger partial charge in [-0.2, -0.15) is 0 Å². The molecule has 7 heteroatoms. The normalized spacial score (nSPS) is 16.5. The van der Waals surface area contributed by atoms with Gasteiger partial charge in [0.05, 0.1) is 6.10 Å². The molecule has 178 valence electrons. The van der Waals surface area contributed by atoms with Gasteiger partial charge in [0.1, 0.15) is 5.75 Å². The number of nitrogens with zero attached hydrogens (tertiary/aromatic N) is 3. The Kier molecular flexibility index (Phi) is 14.2. The Morgan fingerprint density at radius 1 is 1.10 bits per heavy atom. The molecule has 1 unspecified atom stereocenters. The molecular formula is C24H44IN5O. The summed E-state index contributed by atoms with van der Waals surface area (Å²) in [6.07, 6.45) is 3.59. The van der Waals surface area contributed by atoms with E-state index in [0.29, 0.717) is 6.54 Å². The van der Waals surface area contributed by atoms with E-state index in [0.717, 1.165) is 36.7 Å². The average molecular weight is 546 g/mol. The number of benzene rings is 1. The molecule has 31 heavy (non-hydrogen) atoms. The lowest BCUT2D eigenvalue weighted by molar-refractivity contribution is 0.136. The molecular weight excluding hydrogens is 501 g/mol. The number of rotatable bonds is 11.